The fourth-order valence-corrected chi connectivity index (χ4v) is 1.10. The van der Waals surface area contributed by atoms with Gasteiger partial charge in [-0.3, -0.25) is 4.79 Å². The summed E-state index contributed by atoms with van der Waals surface area (Å²) in [5.74, 6) is -2.74. The van der Waals surface area contributed by atoms with Crippen LogP contribution in [0.3, 0.4) is 0 Å². The summed E-state index contributed by atoms with van der Waals surface area (Å²) in [6, 6.07) is 1.97. The molecule has 0 bridgehead atoms. The number of carboxylic acids is 1. The lowest BCUT2D eigenvalue weighted by molar-refractivity contribution is -0.153. The van der Waals surface area contributed by atoms with Crippen LogP contribution in [0.15, 0.2) is 12.1 Å². The standard InChI is InChI=1S/C10H9F3N2O4/c1-5(16)14-8-7(19-4-10(11,12)13)3-2-6(15-8)9(17)18/h2-3H,4H2,1H3,(H,17,18)(H,14,15,16). The first-order valence-corrected chi connectivity index (χ1v) is 4.90. The molecule has 104 valence electrons. The van der Waals surface area contributed by atoms with Crippen molar-refractivity contribution in [2.75, 3.05) is 11.9 Å². The van der Waals surface area contributed by atoms with Crippen LogP contribution in [-0.2, 0) is 4.79 Å². The van der Waals surface area contributed by atoms with Crippen LogP contribution in [0.25, 0.3) is 0 Å². The maximum absolute atomic E-state index is 12.0. The van der Waals surface area contributed by atoms with Gasteiger partial charge in [0.05, 0.1) is 0 Å². The normalized spacial score (nSPS) is 10.9. The second-order valence-corrected chi connectivity index (χ2v) is 3.43. The fourth-order valence-electron chi connectivity index (χ4n) is 1.10. The van der Waals surface area contributed by atoms with Gasteiger partial charge in [0.25, 0.3) is 0 Å². The third kappa shape index (κ3) is 4.82. The predicted molar refractivity (Wildman–Crippen MR) is 57.1 cm³/mol. The molecule has 19 heavy (non-hydrogen) atoms. The number of aromatic nitrogens is 1. The van der Waals surface area contributed by atoms with Gasteiger partial charge in [-0.15, -0.1) is 0 Å². The summed E-state index contributed by atoms with van der Waals surface area (Å²) >= 11 is 0. The molecule has 2 N–H and O–H groups in total. The van der Waals surface area contributed by atoms with Gasteiger partial charge in [0, 0.05) is 6.92 Å². The first-order chi connectivity index (χ1) is 8.69. The summed E-state index contributed by atoms with van der Waals surface area (Å²) in [5, 5.41) is 10.8. The van der Waals surface area contributed by atoms with E-state index in [1.807, 2.05) is 0 Å². The van der Waals surface area contributed by atoms with Crippen molar-refractivity contribution in [3.05, 3.63) is 17.8 Å². The number of carbonyl (C=O) groups is 2. The second kappa shape index (κ2) is 5.55. The quantitative estimate of drug-likeness (QED) is 0.874. The van der Waals surface area contributed by atoms with Crippen LogP contribution in [0.5, 0.6) is 5.75 Å². The largest absolute Gasteiger partial charge is 0.480 e. The monoisotopic (exact) mass is 278 g/mol. The third-order valence-electron chi connectivity index (χ3n) is 1.76. The van der Waals surface area contributed by atoms with Gasteiger partial charge in [-0.25, -0.2) is 9.78 Å². The van der Waals surface area contributed by atoms with E-state index in [4.69, 9.17) is 5.11 Å². The molecule has 0 saturated heterocycles. The molecular weight excluding hydrogens is 269 g/mol. The van der Waals surface area contributed by atoms with Crippen LogP contribution < -0.4 is 10.1 Å². The number of halogens is 3. The molecule has 0 saturated carbocycles. The number of carboxylic acid groups (broad SMARTS) is 1. The molecule has 0 aliphatic heterocycles. The lowest BCUT2D eigenvalue weighted by Crippen LogP contribution is -2.20. The van der Waals surface area contributed by atoms with Crippen LogP contribution in [0.2, 0.25) is 0 Å². The predicted octanol–water partition coefficient (Wildman–Crippen LogP) is 1.68. The van der Waals surface area contributed by atoms with E-state index in [0.29, 0.717) is 0 Å². The molecule has 0 aliphatic rings. The van der Waals surface area contributed by atoms with Gasteiger partial charge >= 0.3 is 12.1 Å². The van der Waals surface area contributed by atoms with Crippen LogP contribution in [0.4, 0.5) is 19.0 Å². The number of rotatable bonds is 4. The molecule has 1 aromatic heterocycles. The van der Waals surface area contributed by atoms with Crippen molar-refractivity contribution < 1.29 is 32.6 Å². The van der Waals surface area contributed by atoms with Crippen molar-refractivity contribution in [2.45, 2.75) is 13.1 Å². The molecule has 0 unspecified atom stereocenters. The average molecular weight is 278 g/mol. The zero-order chi connectivity index (χ0) is 14.6. The Hall–Kier alpha value is -2.32. The molecule has 0 atom stereocenters. The minimum absolute atomic E-state index is 0.363. The molecule has 1 aromatic rings. The maximum atomic E-state index is 12.0. The summed E-state index contributed by atoms with van der Waals surface area (Å²) in [4.78, 5) is 25.0. The van der Waals surface area contributed by atoms with Gasteiger partial charge in [0.1, 0.15) is 0 Å². The lowest BCUT2D eigenvalue weighted by atomic mass is 10.3. The number of hydrogen-bond donors (Lipinski definition) is 2. The zero-order valence-electron chi connectivity index (χ0n) is 9.61. The van der Waals surface area contributed by atoms with Crippen molar-refractivity contribution in [2.24, 2.45) is 0 Å². The number of anilines is 1. The van der Waals surface area contributed by atoms with Gasteiger partial charge in [-0.1, -0.05) is 0 Å². The van der Waals surface area contributed by atoms with Gasteiger partial charge in [-0.2, -0.15) is 13.2 Å². The second-order valence-electron chi connectivity index (χ2n) is 3.43. The van der Waals surface area contributed by atoms with E-state index in [1.165, 1.54) is 0 Å². The Balaban J connectivity index is 3.01. The van der Waals surface area contributed by atoms with Crippen molar-refractivity contribution in [3.63, 3.8) is 0 Å². The zero-order valence-corrected chi connectivity index (χ0v) is 9.61. The Morgan fingerprint density at radius 3 is 2.53 bits per heavy atom. The summed E-state index contributed by atoms with van der Waals surface area (Å²) in [6.07, 6.45) is -4.56. The van der Waals surface area contributed by atoms with Gasteiger partial charge < -0.3 is 15.2 Å². The Morgan fingerprint density at radius 1 is 1.42 bits per heavy atom. The van der Waals surface area contributed by atoms with E-state index in [9.17, 15) is 22.8 Å². The third-order valence-corrected chi connectivity index (χ3v) is 1.76. The molecule has 0 fully saturated rings. The lowest BCUT2D eigenvalue weighted by Gasteiger charge is -2.12. The summed E-state index contributed by atoms with van der Waals surface area (Å²) in [5.41, 5.74) is -0.428. The van der Waals surface area contributed by atoms with Crippen molar-refractivity contribution in [1.82, 2.24) is 4.98 Å². The summed E-state index contributed by atoms with van der Waals surface area (Å²) in [7, 11) is 0. The fraction of sp³-hybridized carbons (Fsp3) is 0.300. The highest BCUT2D eigenvalue weighted by atomic mass is 19.4. The molecule has 6 nitrogen and oxygen atoms in total. The molecule has 0 aromatic carbocycles. The van der Waals surface area contributed by atoms with E-state index in [0.717, 1.165) is 19.1 Å². The number of nitrogens with zero attached hydrogens (tertiary/aromatic N) is 1. The number of hydrogen-bond acceptors (Lipinski definition) is 4. The first kappa shape index (κ1) is 14.7. The van der Waals surface area contributed by atoms with Crippen molar-refractivity contribution in [1.29, 1.82) is 0 Å². The van der Waals surface area contributed by atoms with Crippen LogP contribution in [-0.4, -0.2) is 34.8 Å². The molecular formula is C10H9F3N2O4. The summed E-state index contributed by atoms with van der Waals surface area (Å²) in [6.45, 7) is -0.476. The first-order valence-electron chi connectivity index (χ1n) is 4.90. The molecule has 9 heteroatoms. The van der Waals surface area contributed by atoms with Crippen molar-refractivity contribution in [3.8, 4) is 5.75 Å². The Bertz CT molecular complexity index is 502. The van der Waals surface area contributed by atoms with Gasteiger partial charge in [0.15, 0.2) is 23.9 Å². The number of ether oxygens (including phenoxy) is 1. The number of nitrogens with one attached hydrogen (secondary N) is 1. The van der Waals surface area contributed by atoms with Gasteiger partial charge in [-0.05, 0) is 12.1 Å². The molecule has 0 radical (unpaired) electrons. The Labute approximate surface area is 105 Å². The number of alkyl halides is 3. The van der Waals surface area contributed by atoms with E-state index in [2.05, 4.69) is 15.0 Å². The van der Waals surface area contributed by atoms with E-state index >= 15 is 0 Å². The molecule has 1 heterocycles. The topological polar surface area (TPSA) is 88.5 Å². The SMILES string of the molecule is CC(=O)Nc1nc(C(=O)O)ccc1OCC(F)(F)F. The number of aromatic carboxylic acids is 1. The Kier molecular flexibility index (Phi) is 4.30. The number of pyridine rings is 1. The minimum atomic E-state index is -4.56. The number of amides is 1. The molecule has 1 amide bonds. The smallest absolute Gasteiger partial charge is 0.422 e. The Morgan fingerprint density at radius 2 is 2.05 bits per heavy atom. The molecule has 0 spiro atoms. The highest BCUT2D eigenvalue weighted by Crippen LogP contribution is 2.25. The average Bonchev–Trinajstić information content (AvgIpc) is 2.25. The maximum Gasteiger partial charge on any atom is 0.422 e. The number of carbonyl (C=O) groups excluding carboxylic acids is 1. The summed E-state index contributed by atoms with van der Waals surface area (Å²) < 4.78 is 40.5. The van der Waals surface area contributed by atoms with E-state index < -0.39 is 30.4 Å². The highest BCUT2D eigenvalue weighted by molar-refractivity contribution is 5.91. The van der Waals surface area contributed by atoms with E-state index in [1.54, 1.807) is 0 Å². The van der Waals surface area contributed by atoms with Crippen LogP contribution >= 0.6 is 0 Å². The molecule has 1 rings (SSSR count). The van der Waals surface area contributed by atoms with Gasteiger partial charge in [0.2, 0.25) is 5.91 Å². The van der Waals surface area contributed by atoms with E-state index in [-0.39, 0.29) is 11.6 Å². The minimum Gasteiger partial charge on any atom is -0.480 e. The van der Waals surface area contributed by atoms with Crippen molar-refractivity contribution >= 4 is 17.7 Å². The van der Waals surface area contributed by atoms with Crippen LogP contribution in [0, 0.1) is 0 Å². The highest BCUT2D eigenvalue weighted by Gasteiger charge is 2.29. The molecule has 0 aliphatic carbocycles. The van der Waals surface area contributed by atoms with Crippen LogP contribution in [0.1, 0.15) is 17.4 Å².